The highest BCUT2D eigenvalue weighted by atomic mass is 14.6. The first-order valence-electron chi connectivity index (χ1n) is 12.5. The van der Waals surface area contributed by atoms with Crippen LogP contribution in [0.15, 0.2) is 12.2 Å². The summed E-state index contributed by atoms with van der Waals surface area (Å²) in [5.41, 5.74) is 1.34. The Morgan fingerprint density at radius 3 is 2.37 bits per heavy atom. The second kappa shape index (κ2) is 7.53. The first kappa shape index (κ1) is 20.0. The number of rotatable bonds is 4. The molecule has 4 fully saturated rings. The van der Waals surface area contributed by atoms with Gasteiger partial charge in [0.1, 0.15) is 0 Å². The Balaban J connectivity index is 1.49. The third-order valence-corrected chi connectivity index (χ3v) is 10.4. The van der Waals surface area contributed by atoms with Crippen molar-refractivity contribution in [1.29, 1.82) is 0 Å². The second-order valence-electron chi connectivity index (χ2n) is 12.0. The van der Waals surface area contributed by atoms with Gasteiger partial charge in [0.2, 0.25) is 0 Å². The predicted octanol–water partition coefficient (Wildman–Crippen LogP) is 8.27. The SMILES string of the molecule is CC(C)/C=C/CC(C)C1CCC2C3CCC4CCCCC4(C)C3CCC12C. The monoisotopic (exact) mass is 370 g/mol. The van der Waals surface area contributed by atoms with E-state index in [-0.39, 0.29) is 0 Å². The van der Waals surface area contributed by atoms with Crippen LogP contribution in [0.1, 0.15) is 105 Å². The van der Waals surface area contributed by atoms with Crippen molar-refractivity contribution in [2.75, 3.05) is 0 Å². The zero-order valence-electron chi connectivity index (χ0n) is 19.0. The highest BCUT2D eigenvalue weighted by Crippen LogP contribution is 2.68. The molecule has 4 saturated carbocycles. The molecule has 4 aliphatic rings. The fourth-order valence-corrected chi connectivity index (χ4v) is 9.00. The van der Waals surface area contributed by atoms with Crippen LogP contribution in [0, 0.1) is 52.3 Å². The second-order valence-corrected chi connectivity index (χ2v) is 12.0. The van der Waals surface area contributed by atoms with Crippen LogP contribution in [0.5, 0.6) is 0 Å². The zero-order chi connectivity index (χ0) is 19.2. The van der Waals surface area contributed by atoms with Gasteiger partial charge >= 0.3 is 0 Å². The summed E-state index contributed by atoms with van der Waals surface area (Å²) in [5.74, 6) is 6.76. The molecule has 0 N–H and O–H groups in total. The quantitative estimate of drug-likeness (QED) is 0.437. The lowest BCUT2D eigenvalue weighted by molar-refractivity contribution is -0.114. The molecule has 8 atom stereocenters. The van der Waals surface area contributed by atoms with Gasteiger partial charge in [0.25, 0.3) is 0 Å². The number of fused-ring (bicyclic) bond motifs is 5. The van der Waals surface area contributed by atoms with Crippen molar-refractivity contribution in [2.45, 2.75) is 105 Å². The minimum atomic E-state index is 0.643. The molecule has 0 nitrogen and oxygen atoms in total. The van der Waals surface area contributed by atoms with Crippen LogP contribution in [-0.2, 0) is 0 Å². The molecule has 0 amide bonds. The van der Waals surface area contributed by atoms with E-state index in [4.69, 9.17) is 0 Å². The number of hydrogen-bond acceptors (Lipinski definition) is 0. The number of hydrogen-bond donors (Lipinski definition) is 0. The summed E-state index contributed by atoms with van der Waals surface area (Å²) in [6.07, 6.45) is 21.6. The van der Waals surface area contributed by atoms with E-state index in [0.29, 0.717) is 16.7 Å². The third-order valence-electron chi connectivity index (χ3n) is 10.4. The van der Waals surface area contributed by atoms with Crippen LogP contribution >= 0.6 is 0 Å². The lowest BCUT2D eigenvalue weighted by atomic mass is 9.44. The summed E-state index contributed by atoms with van der Waals surface area (Å²) < 4.78 is 0. The van der Waals surface area contributed by atoms with Crippen molar-refractivity contribution in [3.63, 3.8) is 0 Å². The van der Waals surface area contributed by atoms with Crippen molar-refractivity contribution in [1.82, 2.24) is 0 Å². The van der Waals surface area contributed by atoms with Gasteiger partial charge < -0.3 is 0 Å². The van der Waals surface area contributed by atoms with Crippen molar-refractivity contribution in [3.05, 3.63) is 12.2 Å². The summed E-state index contributed by atoms with van der Waals surface area (Å²) in [6, 6.07) is 0. The van der Waals surface area contributed by atoms with E-state index in [1.165, 1.54) is 32.1 Å². The topological polar surface area (TPSA) is 0 Å². The molecule has 0 aromatic heterocycles. The maximum atomic E-state index is 2.73. The molecule has 0 bridgehead atoms. The summed E-state index contributed by atoms with van der Waals surface area (Å²) in [7, 11) is 0. The van der Waals surface area contributed by atoms with Crippen molar-refractivity contribution in [3.8, 4) is 0 Å². The highest BCUT2D eigenvalue weighted by molar-refractivity contribution is 5.09. The molecule has 27 heavy (non-hydrogen) atoms. The molecular weight excluding hydrogens is 324 g/mol. The molecule has 0 heteroatoms. The Bertz CT molecular complexity index is 544. The molecule has 0 radical (unpaired) electrons. The molecule has 4 aliphatic carbocycles. The van der Waals surface area contributed by atoms with Crippen LogP contribution in [0.3, 0.4) is 0 Å². The lowest BCUT2D eigenvalue weighted by Crippen LogP contribution is -2.53. The van der Waals surface area contributed by atoms with Crippen molar-refractivity contribution in [2.24, 2.45) is 52.3 Å². The van der Waals surface area contributed by atoms with E-state index in [9.17, 15) is 0 Å². The zero-order valence-corrected chi connectivity index (χ0v) is 19.0. The summed E-state index contributed by atoms with van der Waals surface area (Å²) in [5, 5.41) is 0. The number of allylic oxidation sites excluding steroid dienone is 2. The Labute approximate surface area is 170 Å². The first-order chi connectivity index (χ1) is 12.9. The van der Waals surface area contributed by atoms with Gasteiger partial charge in [-0.05, 0) is 110 Å². The molecule has 4 rings (SSSR count). The molecule has 0 heterocycles. The van der Waals surface area contributed by atoms with Gasteiger partial charge in [-0.15, -0.1) is 0 Å². The van der Waals surface area contributed by atoms with E-state index >= 15 is 0 Å². The fourth-order valence-electron chi connectivity index (χ4n) is 9.00. The highest BCUT2D eigenvalue weighted by Gasteiger charge is 2.59. The van der Waals surface area contributed by atoms with E-state index in [0.717, 1.165) is 35.5 Å². The standard InChI is InChI=1S/C27H46/c1-19(2)9-8-10-20(3)23-14-15-24-22-13-12-21-11-6-7-17-26(21,4)25(22)16-18-27(23,24)5/h8-9,19-25H,6-7,10-18H2,1-5H3/b9-8+. The van der Waals surface area contributed by atoms with Crippen LogP contribution in [0.25, 0.3) is 0 Å². The lowest BCUT2D eigenvalue weighted by Gasteiger charge is -2.61. The third kappa shape index (κ3) is 3.36. The van der Waals surface area contributed by atoms with Gasteiger partial charge in [-0.3, -0.25) is 0 Å². The molecule has 8 unspecified atom stereocenters. The average Bonchev–Trinajstić information content (AvgIpc) is 2.98. The largest absolute Gasteiger partial charge is 0.0880 e. The minimum Gasteiger partial charge on any atom is -0.0880 e. The molecule has 0 aromatic rings. The normalized spacial score (nSPS) is 48.3. The molecular formula is C27H46. The maximum absolute atomic E-state index is 2.73. The Kier molecular flexibility index (Phi) is 5.59. The molecule has 0 saturated heterocycles. The van der Waals surface area contributed by atoms with Crippen molar-refractivity contribution < 1.29 is 0 Å². The fraction of sp³-hybridized carbons (Fsp3) is 0.926. The summed E-state index contributed by atoms with van der Waals surface area (Å²) >= 11 is 0. The van der Waals surface area contributed by atoms with E-state index in [1.807, 2.05) is 0 Å². The molecule has 0 spiro atoms. The molecule has 0 aliphatic heterocycles. The van der Waals surface area contributed by atoms with Gasteiger partial charge in [0.05, 0.1) is 0 Å². The van der Waals surface area contributed by atoms with Crippen LogP contribution in [-0.4, -0.2) is 0 Å². The van der Waals surface area contributed by atoms with Gasteiger partial charge in [-0.1, -0.05) is 59.6 Å². The van der Waals surface area contributed by atoms with Crippen LogP contribution < -0.4 is 0 Å². The molecule has 154 valence electrons. The van der Waals surface area contributed by atoms with E-state index in [1.54, 1.807) is 38.5 Å². The predicted molar refractivity (Wildman–Crippen MR) is 118 cm³/mol. The minimum absolute atomic E-state index is 0.643. The Hall–Kier alpha value is -0.260. The maximum Gasteiger partial charge on any atom is -0.0264 e. The first-order valence-corrected chi connectivity index (χ1v) is 12.5. The summed E-state index contributed by atoms with van der Waals surface area (Å²) in [6.45, 7) is 12.6. The van der Waals surface area contributed by atoms with Gasteiger partial charge in [0.15, 0.2) is 0 Å². The smallest absolute Gasteiger partial charge is 0.0264 e. The van der Waals surface area contributed by atoms with Crippen molar-refractivity contribution >= 4 is 0 Å². The molecule has 0 aromatic carbocycles. The summed E-state index contributed by atoms with van der Waals surface area (Å²) in [4.78, 5) is 0. The Morgan fingerprint density at radius 1 is 0.815 bits per heavy atom. The Morgan fingerprint density at radius 2 is 1.59 bits per heavy atom. The van der Waals surface area contributed by atoms with Crippen LogP contribution in [0.4, 0.5) is 0 Å². The average molecular weight is 371 g/mol. The van der Waals surface area contributed by atoms with Gasteiger partial charge in [-0.25, -0.2) is 0 Å². The van der Waals surface area contributed by atoms with Gasteiger partial charge in [0, 0.05) is 0 Å². The van der Waals surface area contributed by atoms with E-state index < -0.39 is 0 Å². The van der Waals surface area contributed by atoms with Gasteiger partial charge in [-0.2, -0.15) is 0 Å². The van der Waals surface area contributed by atoms with Crippen LogP contribution in [0.2, 0.25) is 0 Å². The van der Waals surface area contributed by atoms with E-state index in [2.05, 4.69) is 46.8 Å².